The summed E-state index contributed by atoms with van der Waals surface area (Å²) < 4.78 is 2.36. The smallest absolute Gasteiger partial charge is 0.112 e. The SMILES string of the molecule is CCCn1ccnc1C(C(C)C)C(C)(Cc1ccccc1)c1ccccc1. The maximum absolute atomic E-state index is 4.85. The van der Waals surface area contributed by atoms with Crippen molar-refractivity contribution in [1.82, 2.24) is 9.55 Å². The molecule has 2 heteroatoms. The van der Waals surface area contributed by atoms with Gasteiger partial charge in [0, 0.05) is 30.3 Å². The van der Waals surface area contributed by atoms with Gasteiger partial charge in [0.1, 0.15) is 5.82 Å². The first-order valence-corrected chi connectivity index (χ1v) is 10.2. The van der Waals surface area contributed by atoms with Crippen LogP contribution >= 0.6 is 0 Å². The highest BCUT2D eigenvalue weighted by Crippen LogP contribution is 2.45. The summed E-state index contributed by atoms with van der Waals surface area (Å²) in [7, 11) is 0. The van der Waals surface area contributed by atoms with Gasteiger partial charge in [-0.3, -0.25) is 0 Å². The van der Waals surface area contributed by atoms with Crippen LogP contribution < -0.4 is 0 Å². The van der Waals surface area contributed by atoms with E-state index in [2.05, 4.69) is 99.1 Å². The molecule has 0 N–H and O–H groups in total. The molecule has 0 bridgehead atoms. The maximum Gasteiger partial charge on any atom is 0.112 e. The zero-order valence-electron chi connectivity index (χ0n) is 17.1. The van der Waals surface area contributed by atoms with E-state index < -0.39 is 0 Å². The monoisotopic (exact) mass is 360 g/mol. The first-order chi connectivity index (χ1) is 13.1. The molecule has 3 aromatic rings. The highest BCUT2D eigenvalue weighted by molar-refractivity contribution is 5.33. The molecule has 1 aromatic heterocycles. The van der Waals surface area contributed by atoms with E-state index in [1.807, 2.05) is 6.20 Å². The summed E-state index contributed by atoms with van der Waals surface area (Å²) in [6.45, 7) is 10.3. The third-order valence-electron chi connectivity index (χ3n) is 5.69. The van der Waals surface area contributed by atoms with Gasteiger partial charge in [0.25, 0.3) is 0 Å². The standard InChI is InChI=1S/C25H32N2/c1-5-17-27-18-16-26-24(27)23(20(2)3)25(4,22-14-10-7-11-15-22)19-21-12-8-6-9-13-21/h6-16,18,20,23H,5,17,19H2,1-4H3. The van der Waals surface area contributed by atoms with Crippen LogP contribution in [0.5, 0.6) is 0 Å². The van der Waals surface area contributed by atoms with Gasteiger partial charge in [-0.1, -0.05) is 88.4 Å². The van der Waals surface area contributed by atoms with E-state index in [1.54, 1.807) is 0 Å². The van der Waals surface area contributed by atoms with Gasteiger partial charge in [-0.15, -0.1) is 0 Å². The van der Waals surface area contributed by atoms with Crippen molar-refractivity contribution in [3.05, 3.63) is 90.0 Å². The van der Waals surface area contributed by atoms with Gasteiger partial charge in [-0.25, -0.2) is 4.98 Å². The minimum absolute atomic E-state index is 0.0341. The van der Waals surface area contributed by atoms with Gasteiger partial charge in [0.15, 0.2) is 0 Å². The molecule has 0 saturated heterocycles. The van der Waals surface area contributed by atoms with E-state index in [0.29, 0.717) is 11.8 Å². The predicted octanol–water partition coefficient (Wildman–Crippen LogP) is 6.23. The Hall–Kier alpha value is -2.35. The lowest BCUT2D eigenvalue weighted by Gasteiger charge is -2.41. The average molecular weight is 361 g/mol. The van der Waals surface area contributed by atoms with Crippen molar-refractivity contribution in [2.45, 2.75) is 58.4 Å². The van der Waals surface area contributed by atoms with Crippen molar-refractivity contribution in [3.63, 3.8) is 0 Å². The molecule has 0 aliphatic carbocycles. The summed E-state index contributed by atoms with van der Waals surface area (Å²) in [6, 6.07) is 21.9. The molecule has 0 radical (unpaired) electrons. The van der Waals surface area contributed by atoms with Crippen LogP contribution in [-0.2, 0) is 18.4 Å². The molecule has 0 amide bonds. The minimum Gasteiger partial charge on any atom is -0.335 e. The Bertz CT molecular complexity index is 820. The second-order valence-corrected chi connectivity index (χ2v) is 8.15. The summed E-state index contributed by atoms with van der Waals surface area (Å²) in [5.41, 5.74) is 2.73. The zero-order valence-corrected chi connectivity index (χ0v) is 17.1. The second-order valence-electron chi connectivity index (χ2n) is 8.15. The highest BCUT2D eigenvalue weighted by atomic mass is 15.1. The first kappa shape index (κ1) is 19.4. The molecule has 0 fully saturated rings. The summed E-state index contributed by atoms with van der Waals surface area (Å²) >= 11 is 0. The molecule has 27 heavy (non-hydrogen) atoms. The number of aryl methyl sites for hydroxylation is 1. The van der Waals surface area contributed by atoms with E-state index in [9.17, 15) is 0 Å². The average Bonchev–Trinajstić information content (AvgIpc) is 3.11. The van der Waals surface area contributed by atoms with Crippen LogP contribution in [-0.4, -0.2) is 9.55 Å². The van der Waals surface area contributed by atoms with Crippen LogP contribution in [0.15, 0.2) is 73.1 Å². The fourth-order valence-electron chi connectivity index (χ4n) is 4.58. The molecule has 2 aromatic carbocycles. The van der Waals surface area contributed by atoms with E-state index in [0.717, 1.165) is 19.4 Å². The van der Waals surface area contributed by atoms with Crippen LogP contribution in [0.2, 0.25) is 0 Å². The molecular weight excluding hydrogens is 328 g/mol. The Labute approximate surface area is 164 Å². The predicted molar refractivity (Wildman–Crippen MR) is 114 cm³/mol. The van der Waals surface area contributed by atoms with Crippen molar-refractivity contribution in [1.29, 1.82) is 0 Å². The topological polar surface area (TPSA) is 17.8 Å². The van der Waals surface area contributed by atoms with Gasteiger partial charge in [0.2, 0.25) is 0 Å². The molecule has 2 unspecified atom stereocenters. The first-order valence-electron chi connectivity index (χ1n) is 10.2. The van der Waals surface area contributed by atoms with Gasteiger partial charge >= 0.3 is 0 Å². The third kappa shape index (κ3) is 4.16. The summed E-state index contributed by atoms with van der Waals surface area (Å²) in [5, 5.41) is 0. The number of nitrogens with zero attached hydrogens (tertiary/aromatic N) is 2. The summed E-state index contributed by atoms with van der Waals surface area (Å²) in [4.78, 5) is 4.85. The molecule has 2 atom stereocenters. The number of imidazole rings is 1. The molecule has 3 rings (SSSR count). The number of rotatable bonds is 8. The van der Waals surface area contributed by atoms with Crippen LogP contribution in [0.4, 0.5) is 0 Å². The number of aromatic nitrogens is 2. The van der Waals surface area contributed by atoms with E-state index in [1.165, 1.54) is 17.0 Å². The lowest BCUT2D eigenvalue weighted by molar-refractivity contribution is 0.281. The Balaban J connectivity index is 2.13. The van der Waals surface area contributed by atoms with Gasteiger partial charge in [0.05, 0.1) is 0 Å². The summed E-state index contributed by atoms with van der Waals surface area (Å²) in [6.07, 6.45) is 6.23. The van der Waals surface area contributed by atoms with Crippen molar-refractivity contribution < 1.29 is 0 Å². The lowest BCUT2D eigenvalue weighted by atomic mass is 9.64. The minimum atomic E-state index is -0.0341. The number of hydrogen-bond acceptors (Lipinski definition) is 1. The highest BCUT2D eigenvalue weighted by Gasteiger charge is 2.41. The Morgan fingerprint density at radius 2 is 1.59 bits per heavy atom. The maximum atomic E-state index is 4.85. The van der Waals surface area contributed by atoms with Crippen LogP contribution in [0, 0.1) is 5.92 Å². The third-order valence-corrected chi connectivity index (χ3v) is 5.69. The quantitative estimate of drug-likeness (QED) is 0.465. The molecule has 0 aliphatic rings. The molecule has 1 heterocycles. The fraction of sp³-hybridized carbons (Fsp3) is 0.400. The van der Waals surface area contributed by atoms with Crippen molar-refractivity contribution in [2.75, 3.05) is 0 Å². The van der Waals surface area contributed by atoms with Crippen LogP contribution in [0.1, 0.15) is 57.0 Å². The van der Waals surface area contributed by atoms with E-state index in [4.69, 9.17) is 4.98 Å². The lowest BCUT2D eigenvalue weighted by Crippen LogP contribution is -2.37. The van der Waals surface area contributed by atoms with Gasteiger partial charge in [-0.05, 0) is 29.9 Å². The fourth-order valence-corrected chi connectivity index (χ4v) is 4.58. The Kier molecular flexibility index (Phi) is 6.15. The van der Waals surface area contributed by atoms with E-state index >= 15 is 0 Å². The van der Waals surface area contributed by atoms with Crippen molar-refractivity contribution in [2.24, 2.45) is 5.92 Å². The van der Waals surface area contributed by atoms with Crippen molar-refractivity contribution >= 4 is 0 Å². The number of hydrogen-bond donors (Lipinski definition) is 0. The van der Waals surface area contributed by atoms with Gasteiger partial charge < -0.3 is 4.57 Å². The number of benzene rings is 2. The molecule has 142 valence electrons. The second kappa shape index (κ2) is 8.56. The molecule has 2 nitrogen and oxygen atoms in total. The zero-order chi connectivity index (χ0) is 19.3. The summed E-state index contributed by atoms with van der Waals surface area (Å²) in [5.74, 6) is 2.03. The Morgan fingerprint density at radius 1 is 0.963 bits per heavy atom. The largest absolute Gasteiger partial charge is 0.335 e. The van der Waals surface area contributed by atoms with Crippen LogP contribution in [0.3, 0.4) is 0 Å². The molecule has 0 spiro atoms. The normalized spacial score (nSPS) is 14.9. The van der Waals surface area contributed by atoms with Crippen molar-refractivity contribution in [3.8, 4) is 0 Å². The van der Waals surface area contributed by atoms with Crippen LogP contribution in [0.25, 0.3) is 0 Å². The Morgan fingerprint density at radius 3 is 2.19 bits per heavy atom. The van der Waals surface area contributed by atoms with E-state index in [-0.39, 0.29) is 5.41 Å². The molecule has 0 saturated carbocycles. The van der Waals surface area contributed by atoms with Gasteiger partial charge in [-0.2, -0.15) is 0 Å². The molecule has 0 aliphatic heterocycles. The molecular formula is C25H32N2.